The normalized spacial score (nSPS) is 14.6. The zero-order valence-corrected chi connectivity index (χ0v) is 16.5. The predicted molar refractivity (Wildman–Crippen MR) is 116 cm³/mol. The Bertz CT molecular complexity index is 922. The molecule has 0 spiro atoms. The Morgan fingerprint density at radius 3 is 2.31 bits per heavy atom. The van der Waals surface area contributed by atoms with Crippen molar-refractivity contribution in [1.82, 2.24) is 15.2 Å². The lowest BCUT2D eigenvalue weighted by Crippen LogP contribution is -2.46. The lowest BCUT2D eigenvalue weighted by atomic mass is 10.1. The predicted octanol–water partition coefficient (Wildman–Crippen LogP) is 3.33. The van der Waals surface area contributed by atoms with Crippen LogP contribution in [0.5, 0.6) is 0 Å². The molecule has 29 heavy (non-hydrogen) atoms. The minimum Gasteiger partial charge on any atom is -0.369 e. The third-order valence-electron chi connectivity index (χ3n) is 5.37. The first-order chi connectivity index (χ1) is 14.3. The van der Waals surface area contributed by atoms with Gasteiger partial charge < -0.3 is 10.2 Å². The van der Waals surface area contributed by atoms with E-state index in [0.717, 1.165) is 38.3 Å². The molecule has 0 unspecified atom stereocenters. The van der Waals surface area contributed by atoms with E-state index in [0.29, 0.717) is 12.1 Å². The highest BCUT2D eigenvalue weighted by Gasteiger charge is 2.18. The van der Waals surface area contributed by atoms with Crippen molar-refractivity contribution in [3.8, 4) is 0 Å². The minimum absolute atomic E-state index is 0.0932. The van der Waals surface area contributed by atoms with Gasteiger partial charge in [0, 0.05) is 57.3 Å². The molecule has 0 atom stereocenters. The summed E-state index contributed by atoms with van der Waals surface area (Å²) in [5.41, 5.74) is 4.31. The number of nitrogens with one attached hydrogen (secondary N) is 1. The van der Waals surface area contributed by atoms with Gasteiger partial charge in [0.25, 0.3) is 5.91 Å². The lowest BCUT2D eigenvalue weighted by Gasteiger charge is -2.36. The summed E-state index contributed by atoms with van der Waals surface area (Å²) in [5.74, 6) is -0.0932. The summed E-state index contributed by atoms with van der Waals surface area (Å²) in [6, 6.07) is 22.5. The molecule has 2 aromatic carbocycles. The number of rotatable bonds is 6. The summed E-state index contributed by atoms with van der Waals surface area (Å²) in [5, 5.41) is 3.02. The summed E-state index contributed by atoms with van der Waals surface area (Å²) < 4.78 is 0. The van der Waals surface area contributed by atoms with E-state index in [2.05, 4.69) is 68.6 Å². The molecule has 4 rings (SSSR count). The first kappa shape index (κ1) is 19.2. The van der Waals surface area contributed by atoms with Crippen LogP contribution in [-0.4, -0.2) is 42.0 Å². The van der Waals surface area contributed by atoms with Crippen LogP contribution >= 0.6 is 0 Å². The highest BCUT2D eigenvalue weighted by atomic mass is 16.1. The van der Waals surface area contributed by atoms with Gasteiger partial charge in [-0.3, -0.25) is 14.7 Å². The number of anilines is 1. The Morgan fingerprint density at radius 2 is 1.59 bits per heavy atom. The zero-order chi connectivity index (χ0) is 19.9. The second-order valence-electron chi connectivity index (χ2n) is 7.29. The smallest absolute Gasteiger partial charge is 0.253 e. The molecule has 1 fully saturated rings. The third kappa shape index (κ3) is 5.00. The van der Waals surface area contributed by atoms with E-state index >= 15 is 0 Å². The van der Waals surface area contributed by atoms with Crippen LogP contribution in [0.4, 0.5) is 5.69 Å². The van der Waals surface area contributed by atoms with Crippen LogP contribution in [0.2, 0.25) is 0 Å². The fourth-order valence-electron chi connectivity index (χ4n) is 3.70. The van der Waals surface area contributed by atoms with Crippen molar-refractivity contribution in [2.75, 3.05) is 31.1 Å². The second kappa shape index (κ2) is 9.34. The van der Waals surface area contributed by atoms with Crippen molar-refractivity contribution in [3.05, 3.63) is 95.8 Å². The minimum atomic E-state index is -0.0932. The largest absolute Gasteiger partial charge is 0.369 e. The standard InChI is InChI=1S/C24H26N4O/c29-24(21-9-6-12-25-17-21)26-18-20-7-4-5-8-22(20)19-27-13-15-28(16-14-27)23-10-2-1-3-11-23/h1-12,17H,13-16,18-19H2,(H,26,29). The number of carbonyl (C=O) groups is 1. The van der Waals surface area contributed by atoms with E-state index in [1.165, 1.54) is 11.3 Å². The Hall–Kier alpha value is -3.18. The van der Waals surface area contributed by atoms with Crippen LogP contribution in [0, 0.1) is 0 Å². The molecule has 1 amide bonds. The Labute approximate surface area is 172 Å². The molecule has 148 valence electrons. The van der Waals surface area contributed by atoms with Gasteiger partial charge in [-0.05, 0) is 35.4 Å². The van der Waals surface area contributed by atoms with E-state index < -0.39 is 0 Å². The maximum atomic E-state index is 12.3. The van der Waals surface area contributed by atoms with E-state index in [1.54, 1.807) is 24.5 Å². The first-order valence-corrected chi connectivity index (χ1v) is 10.1. The quantitative estimate of drug-likeness (QED) is 0.706. The number of pyridine rings is 1. The summed E-state index contributed by atoms with van der Waals surface area (Å²) >= 11 is 0. The van der Waals surface area contributed by atoms with E-state index in [4.69, 9.17) is 0 Å². The molecule has 1 aliphatic heterocycles. The summed E-state index contributed by atoms with van der Waals surface area (Å²) in [7, 11) is 0. The number of hydrogen-bond donors (Lipinski definition) is 1. The number of aromatic nitrogens is 1. The van der Waals surface area contributed by atoms with Crippen LogP contribution in [0.3, 0.4) is 0 Å². The number of nitrogens with zero attached hydrogens (tertiary/aromatic N) is 3. The van der Waals surface area contributed by atoms with Gasteiger partial charge in [-0.1, -0.05) is 42.5 Å². The Morgan fingerprint density at radius 1 is 0.862 bits per heavy atom. The number of para-hydroxylation sites is 1. The van der Waals surface area contributed by atoms with E-state index in [-0.39, 0.29) is 5.91 Å². The molecule has 1 aliphatic rings. The average Bonchev–Trinajstić information content (AvgIpc) is 2.80. The molecule has 0 bridgehead atoms. The molecule has 1 saturated heterocycles. The van der Waals surface area contributed by atoms with Crippen molar-refractivity contribution in [1.29, 1.82) is 0 Å². The van der Waals surface area contributed by atoms with Gasteiger partial charge in [0.05, 0.1) is 5.56 Å². The first-order valence-electron chi connectivity index (χ1n) is 10.1. The van der Waals surface area contributed by atoms with Gasteiger partial charge in [0.2, 0.25) is 0 Å². The Balaban J connectivity index is 1.34. The molecular formula is C24H26N4O. The van der Waals surface area contributed by atoms with Gasteiger partial charge in [-0.25, -0.2) is 0 Å². The average molecular weight is 386 g/mol. The highest BCUT2D eigenvalue weighted by molar-refractivity contribution is 5.93. The molecule has 3 aromatic rings. The van der Waals surface area contributed by atoms with Crippen LogP contribution < -0.4 is 10.2 Å². The molecular weight excluding hydrogens is 360 g/mol. The molecule has 1 aromatic heterocycles. The number of hydrogen-bond acceptors (Lipinski definition) is 4. The maximum Gasteiger partial charge on any atom is 0.253 e. The van der Waals surface area contributed by atoms with Crippen molar-refractivity contribution in [2.45, 2.75) is 13.1 Å². The molecule has 1 N–H and O–H groups in total. The van der Waals surface area contributed by atoms with Gasteiger partial charge in [0.1, 0.15) is 0 Å². The number of amides is 1. The SMILES string of the molecule is O=C(NCc1ccccc1CN1CCN(c2ccccc2)CC1)c1cccnc1. The summed E-state index contributed by atoms with van der Waals surface area (Å²) in [6.07, 6.45) is 3.26. The third-order valence-corrected chi connectivity index (χ3v) is 5.37. The topological polar surface area (TPSA) is 48.5 Å². The van der Waals surface area contributed by atoms with Gasteiger partial charge in [-0.2, -0.15) is 0 Å². The highest BCUT2D eigenvalue weighted by Crippen LogP contribution is 2.18. The van der Waals surface area contributed by atoms with Crippen LogP contribution in [0.25, 0.3) is 0 Å². The van der Waals surface area contributed by atoms with Gasteiger partial charge in [-0.15, -0.1) is 0 Å². The fraction of sp³-hybridized carbons (Fsp3) is 0.250. The van der Waals surface area contributed by atoms with Crippen LogP contribution in [0.15, 0.2) is 79.1 Å². The van der Waals surface area contributed by atoms with E-state index in [1.807, 2.05) is 6.07 Å². The van der Waals surface area contributed by atoms with Gasteiger partial charge in [0.15, 0.2) is 0 Å². The van der Waals surface area contributed by atoms with Crippen molar-refractivity contribution < 1.29 is 4.79 Å². The van der Waals surface area contributed by atoms with Crippen LogP contribution in [0.1, 0.15) is 21.5 Å². The number of carbonyl (C=O) groups excluding carboxylic acids is 1. The Kier molecular flexibility index (Phi) is 6.17. The van der Waals surface area contributed by atoms with Crippen molar-refractivity contribution in [3.63, 3.8) is 0 Å². The maximum absolute atomic E-state index is 12.3. The summed E-state index contributed by atoms with van der Waals surface area (Å²) in [6.45, 7) is 5.56. The number of piperazine rings is 1. The molecule has 0 saturated carbocycles. The molecule has 2 heterocycles. The molecule has 0 aliphatic carbocycles. The molecule has 5 heteroatoms. The monoisotopic (exact) mass is 386 g/mol. The van der Waals surface area contributed by atoms with Gasteiger partial charge >= 0.3 is 0 Å². The van der Waals surface area contributed by atoms with Crippen molar-refractivity contribution in [2.24, 2.45) is 0 Å². The molecule has 0 radical (unpaired) electrons. The zero-order valence-electron chi connectivity index (χ0n) is 16.5. The molecule has 5 nitrogen and oxygen atoms in total. The van der Waals surface area contributed by atoms with Crippen molar-refractivity contribution >= 4 is 11.6 Å². The fourth-order valence-corrected chi connectivity index (χ4v) is 3.70. The van der Waals surface area contributed by atoms with Crippen LogP contribution in [-0.2, 0) is 13.1 Å². The van der Waals surface area contributed by atoms with E-state index in [9.17, 15) is 4.79 Å². The lowest BCUT2D eigenvalue weighted by molar-refractivity contribution is 0.0950. The summed E-state index contributed by atoms with van der Waals surface area (Å²) in [4.78, 5) is 21.3. The number of benzene rings is 2. The second-order valence-corrected chi connectivity index (χ2v) is 7.29.